The minimum atomic E-state index is -0.345. The lowest BCUT2D eigenvalue weighted by Crippen LogP contribution is -2.30. The number of nitrogens with one attached hydrogen (secondary N) is 1. The molecule has 16 heavy (non-hydrogen) atoms. The number of unbranched alkanes of at least 4 members (excludes halogenated alkanes) is 1. The molecule has 0 aromatic carbocycles. The number of hydrazine groups is 1. The quantitative estimate of drug-likeness (QED) is 0.317. The maximum Gasteiger partial charge on any atom is 0.268 e. The smallest absolute Gasteiger partial charge is 0.268 e. The Morgan fingerprint density at radius 2 is 2.44 bits per heavy atom. The van der Waals surface area contributed by atoms with Crippen LogP contribution in [0.2, 0.25) is 0 Å². The van der Waals surface area contributed by atoms with E-state index in [1.165, 1.54) is 6.20 Å². The van der Waals surface area contributed by atoms with E-state index in [0.29, 0.717) is 18.8 Å². The van der Waals surface area contributed by atoms with Crippen molar-refractivity contribution in [3.8, 4) is 0 Å². The van der Waals surface area contributed by atoms with Crippen LogP contribution in [0, 0.1) is 0 Å². The van der Waals surface area contributed by atoms with Gasteiger partial charge < -0.3 is 4.74 Å². The van der Waals surface area contributed by atoms with Crippen molar-refractivity contribution in [1.29, 1.82) is 0 Å². The number of amides is 1. The predicted octanol–water partition coefficient (Wildman–Crippen LogP) is 0.340. The normalized spacial score (nSPS) is 10.4. The first-order chi connectivity index (χ1) is 7.70. The van der Waals surface area contributed by atoms with Gasteiger partial charge >= 0.3 is 0 Å². The summed E-state index contributed by atoms with van der Waals surface area (Å²) in [7, 11) is 1.77. The molecule has 0 aliphatic heterocycles. The highest BCUT2D eigenvalue weighted by molar-refractivity contribution is 5.94. The summed E-state index contributed by atoms with van der Waals surface area (Å²) in [5, 5.41) is 4.00. The molecule has 0 saturated heterocycles. The summed E-state index contributed by atoms with van der Waals surface area (Å²) in [5.41, 5.74) is 3.28. The fraction of sp³-hybridized carbons (Fsp3) is 0.600. The van der Waals surface area contributed by atoms with Gasteiger partial charge in [-0.15, -0.1) is 0 Å². The number of carbonyl (C=O) groups excluding carboxylic acids is 1. The first-order valence-corrected chi connectivity index (χ1v) is 5.30. The number of hydrogen-bond donors (Lipinski definition) is 2. The lowest BCUT2D eigenvalue weighted by molar-refractivity contribution is 0.0933. The van der Waals surface area contributed by atoms with Crippen LogP contribution in [0.25, 0.3) is 0 Å². The van der Waals surface area contributed by atoms with Crippen LogP contribution in [0.15, 0.2) is 6.20 Å². The molecule has 0 bridgehead atoms. The second kappa shape index (κ2) is 6.24. The minimum Gasteiger partial charge on any atom is -0.375 e. The lowest BCUT2D eigenvalue weighted by atomic mass is 10.2. The Kier molecular flexibility index (Phi) is 4.94. The average Bonchev–Trinajstić information content (AvgIpc) is 2.65. The molecule has 1 rings (SSSR count). The van der Waals surface area contributed by atoms with Crippen molar-refractivity contribution < 1.29 is 9.53 Å². The van der Waals surface area contributed by atoms with Crippen LogP contribution in [0.5, 0.6) is 0 Å². The van der Waals surface area contributed by atoms with Crippen molar-refractivity contribution in [2.45, 2.75) is 26.4 Å². The summed E-state index contributed by atoms with van der Waals surface area (Å²) in [6, 6.07) is 0. The van der Waals surface area contributed by atoms with Crippen LogP contribution in [-0.4, -0.2) is 22.3 Å². The molecular formula is C10H18N4O2. The Balaban J connectivity index is 2.63. The number of aromatic nitrogens is 2. The Morgan fingerprint density at radius 3 is 3.06 bits per heavy atom. The van der Waals surface area contributed by atoms with Crippen LogP contribution in [0.3, 0.4) is 0 Å². The van der Waals surface area contributed by atoms with Crippen molar-refractivity contribution >= 4 is 5.91 Å². The number of carbonyl (C=O) groups is 1. The molecule has 0 spiro atoms. The molecule has 1 aromatic heterocycles. The van der Waals surface area contributed by atoms with Crippen LogP contribution in [0.1, 0.15) is 35.8 Å². The number of hydrogen-bond acceptors (Lipinski definition) is 4. The van der Waals surface area contributed by atoms with E-state index in [0.717, 1.165) is 18.5 Å². The maximum atomic E-state index is 11.4. The third kappa shape index (κ3) is 3.04. The van der Waals surface area contributed by atoms with Gasteiger partial charge in [-0.3, -0.25) is 14.9 Å². The largest absolute Gasteiger partial charge is 0.375 e. The zero-order valence-electron chi connectivity index (χ0n) is 9.69. The standard InChI is InChI=1S/C10H18N4O2/c1-3-4-5-16-7-9-8(10(15)13-11)6-12-14(9)2/h6H,3-5,7,11H2,1-2H3,(H,13,15). The predicted molar refractivity (Wildman–Crippen MR) is 59.4 cm³/mol. The first kappa shape index (κ1) is 12.7. The molecule has 3 N–H and O–H groups in total. The molecular weight excluding hydrogens is 208 g/mol. The summed E-state index contributed by atoms with van der Waals surface area (Å²) in [6.07, 6.45) is 3.58. The van der Waals surface area contributed by atoms with Gasteiger partial charge in [0.25, 0.3) is 5.91 Å². The summed E-state index contributed by atoms with van der Waals surface area (Å²) >= 11 is 0. The second-order valence-electron chi connectivity index (χ2n) is 3.51. The minimum absolute atomic E-state index is 0.345. The number of ether oxygens (including phenoxy) is 1. The third-order valence-corrected chi connectivity index (χ3v) is 2.32. The summed E-state index contributed by atoms with van der Waals surface area (Å²) in [6.45, 7) is 3.16. The molecule has 0 atom stereocenters. The molecule has 0 unspecified atom stereocenters. The number of nitrogens with zero attached hydrogens (tertiary/aromatic N) is 2. The van der Waals surface area contributed by atoms with Gasteiger partial charge in [0.15, 0.2) is 0 Å². The van der Waals surface area contributed by atoms with Gasteiger partial charge in [-0.1, -0.05) is 13.3 Å². The number of nitrogen functional groups attached to an aromatic ring is 1. The zero-order valence-corrected chi connectivity index (χ0v) is 9.69. The molecule has 90 valence electrons. The molecule has 0 aliphatic rings. The van der Waals surface area contributed by atoms with Gasteiger partial charge in [-0.25, -0.2) is 5.84 Å². The Hall–Kier alpha value is -1.40. The molecule has 0 saturated carbocycles. The van der Waals surface area contributed by atoms with Crippen molar-refractivity contribution in [2.24, 2.45) is 12.9 Å². The molecule has 1 amide bonds. The number of rotatable bonds is 6. The lowest BCUT2D eigenvalue weighted by Gasteiger charge is -2.06. The highest BCUT2D eigenvalue weighted by Crippen LogP contribution is 2.09. The van der Waals surface area contributed by atoms with Crippen LogP contribution in [0.4, 0.5) is 0 Å². The fourth-order valence-corrected chi connectivity index (χ4v) is 1.32. The van der Waals surface area contributed by atoms with Gasteiger partial charge in [0.1, 0.15) is 0 Å². The second-order valence-corrected chi connectivity index (χ2v) is 3.51. The summed E-state index contributed by atoms with van der Waals surface area (Å²) < 4.78 is 7.07. The third-order valence-electron chi connectivity index (χ3n) is 2.32. The first-order valence-electron chi connectivity index (χ1n) is 5.30. The zero-order chi connectivity index (χ0) is 12.0. The van der Waals surface area contributed by atoms with E-state index in [1.807, 2.05) is 0 Å². The van der Waals surface area contributed by atoms with Gasteiger partial charge in [-0.05, 0) is 6.42 Å². The van der Waals surface area contributed by atoms with Crippen molar-refractivity contribution in [2.75, 3.05) is 6.61 Å². The monoisotopic (exact) mass is 226 g/mol. The van der Waals surface area contributed by atoms with E-state index >= 15 is 0 Å². The number of aryl methyl sites for hydroxylation is 1. The van der Waals surface area contributed by atoms with Gasteiger partial charge in [0, 0.05) is 13.7 Å². The summed E-state index contributed by atoms with van der Waals surface area (Å²) in [5.74, 6) is 4.74. The van der Waals surface area contributed by atoms with Crippen molar-refractivity contribution in [1.82, 2.24) is 15.2 Å². The molecule has 6 nitrogen and oxygen atoms in total. The van der Waals surface area contributed by atoms with E-state index in [1.54, 1.807) is 11.7 Å². The molecule has 0 aliphatic carbocycles. The van der Waals surface area contributed by atoms with Crippen LogP contribution in [-0.2, 0) is 18.4 Å². The van der Waals surface area contributed by atoms with Crippen molar-refractivity contribution in [3.05, 3.63) is 17.5 Å². The number of nitrogens with two attached hydrogens (primary N) is 1. The van der Waals surface area contributed by atoms with E-state index < -0.39 is 0 Å². The highest BCUT2D eigenvalue weighted by atomic mass is 16.5. The van der Waals surface area contributed by atoms with Crippen molar-refractivity contribution in [3.63, 3.8) is 0 Å². The highest BCUT2D eigenvalue weighted by Gasteiger charge is 2.14. The Bertz CT molecular complexity index is 349. The van der Waals surface area contributed by atoms with Gasteiger partial charge in [-0.2, -0.15) is 5.10 Å². The van der Waals surface area contributed by atoms with E-state index in [4.69, 9.17) is 10.6 Å². The fourth-order valence-electron chi connectivity index (χ4n) is 1.32. The Morgan fingerprint density at radius 1 is 1.69 bits per heavy atom. The summed E-state index contributed by atoms with van der Waals surface area (Å²) in [4.78, 5) is 11.4. The Labute approximate surface area is 94.7 Å². The molecule has 0 fully saturated rings. The topological polar surface area (TPSA) is 82.2 Å². The van der Waals surface area contributed by atoms with E-state index in [-0.39, 0.29) is 5.91 Å². The van der Waals surface area contributed by atoms with Crippen LogP contribution >= 0.6 is 0 Å². The SMILES string of the molecule is CCCCOCc1c(C(=O)NN)cnn1C. The maximum absolute atomic E-state index is 11.4. The molecule has 1 aromatic rings. The average molecular weight is 226 g/mol. The van der Waals surface area contributed by atoms with Crippen LogP contribution < -0.4 is 11.3 Å². The van der Waals surface area contributed by atoms with E-state index in [9.17, 15) is 4.79 Å². The molecule has 6 heteroatoms. The van der Waals surface area contributed by atoms with E-state index in [2.05, 4.69) is 17.4 Å². The van der Waals surface area contributed by atoms with Gasteiger partial charge in [0.05, 0.1) is 24.1 Å². The molecule has 1 heterocycles. The molecule has 0 radical (unpaired) electrons. The van der Waals surface area contributed by atoms with Gasteiger partial charge in [0.2, 0.25) is 0 Å².